The number of amides is 1. The number of ether oxygens (including phenoxy) is 1. The topological polar surface area (TPSA) is 75.6 Å². The van der Waals surface area contributed by atoms with Crippen LogP contribution in [-0.4, -0.2) is 35.9 Å². The highest BCUT2D eigenvalue weighted by Crippen LogP contribution is 2.15. The molecule has 24 heavy (non-hydrogen) atoms. The molecule has 1 amide bonds. The molecule has 2 aromatic rings. The van der Waals surface area contributed by atoms with Crippen LogP contribution in [0.1, 0.15) is 15.9 Å². The summed E-state index contributed by atoms with van der Waals surface area (Å²) in [7, 11) is 0. The lowest BCUT2D eigenvalue weighted by Crippen LogP contribution is -2.30. The number of thioether (sulfide) groups is 1. The predicted octanol–water partition coefficient (Wildman–Crippen LogP) is 2.24. The molecular formula is C18H19NO4S. The van der Waals surface area contributed by atoms with Crippen molar-refractivity contribution in [1.29, 1.82) is 0 Å². The zero-order chi connectivity index (χ0) is 17.2. The minimum atomic E-state index is -0.562. The van der Waals surface area contributed by atoms with Crippen molar-refractivity contribution >= 4 is 23.6 Å². The van der Waals surface area contributed by atoms with E-state index in [2.05, 4.69) is 5.32 Å². The molecule has 0 aliphatic rings. The highest BCUT2D eigenvalue weighted by atomic mass is 32.2. The first-order valence-corrected chi connectivity index (χ1v) is 8.49. The normalized spacial score (nSPS) is 10.2. The van der Waals surface area contributed by atoms with Crippen molar-refractivity contribution < 1.29 is 19.4 Å². The van der Waals surface area contributed by atoms with Gasteiger partial charge in [-0.3, -0.25) is 4.79 Å². The Balaban J connectivity index is 1.64. The molecular weight excluding hydrogens is 326 g/mol. The van der Waals surface area contributed by atoms with E-state index in [0.717, 1.165) is 10.6 Å². The van der Waals surface area contributed by atoms with Gasteiger partial charge in [-0.15, -0.1) is 11.8 Å². The molecule has 0 heterocycles. The van der Waals surface area contributed by atoms with E-state index in [-0.39, 0.29) is 19.1 Å². The van der Waals surface area contributed by atoms with E-state index in [0.29, 0.717) is 17.7 Å². The quantitative estimate of drug-likeness (QED) is 0.436. The van der Waals surface area contributed by atoms with E-state index in [1.807, 2.05) is 30.3 Å². The minimum Gasteiger partial charge on any atom is -0.452 e. The fourth-order valence-electron chi connectivity index (χ4n) is 1.89. The van der Waals surface area contributed by atoms with Gasteiger partial charge in [0.25, 0.3) is 5.91 Å². The Morgan fingerprint density at radius 1 is 1.04 bits per heavy atom. The largest absolute Gasteiger partial charge is 0.452 e. The Morgan fingerprint density at radius 2 is 1.75 bits per heavy atom. The van der Waals surface area contributed by atoms with Crippen molar-refractivity contribution in [3.63, 3.8) is 0 Å². The lowest BCUT2D eigenvalue weighted by atomic mass is 10.1. The van der Waals surface area contributed by atoms with Gasteiger partial charge in [-0.25, -0.2) is 4.79 Å². The van der Waals surface area contributed by atoms with Crippen LogP contribution in [0.4, 0.5) is 0 Å². The van der Waals surface area contributed by atoms with Crippen LogP contribution in [0.15, 0.2) is 59.5 Å². The van der Waals surface area contributed by atoms with E-state index in [9.17, 15) is 9.59 Å². The Bertz CT molecular complexity index is 658. The molecule has 0 aliphatic carbocycles. The van der Waals surface area contributed by atoms with Gasteiger partial charge < -0.3 is 15.2 Å². The van der Waals surface area contributed by atoms with Gasteiger partial charge in [-0.05, 0) is 29.8 Å². The zero-order valence-corrected chi connectivity index (χ0v) is 13.9. The highest BCUT2D eigenvalue weighted by molar-refractivity contribution is 7.99. The molecule has 0 aromatic heterocycles. The summed E-state index contributed by atoms with van der Waals surface area (Å²) in [6.07, 6.45) is 0. The van der Waals surface area contributed by atoms with Crippen LogP contribution < -0.4 is 5.32 Å². The van der Waals surface area contributed by atoms with Gasteiger partial charge in [-0.2, -0.15) is 0 Å². The number of aliphatic hydroxyl groups excluding tert-OH is 1. The van der Waals surface area contributed by atoms with Crippen LogP contribution >= 0.6 is 11.8 Å². The third-order valence-electron chi connectivity index (χ3n) is 3.14. The summed E-state index contributed by atoms with van der Waals surface area (Å²) in [5.41, 5.74) is 1.06. The van der Waals surface area contributed by atoms with E-state index in [1.165, 1.54) is 0 Å². The smallest absolute Gasteiger partial charge is 0.338 e. The molecule has 2 N–H and O–H groups in total. The fraction of sp³-hybridized carbons (Fsp3) is 0.222. The molecule has 0 aliphatic heterocycles. The van der Waals surface area contributed by atoms with E-state index < -0.39 is 5.97 Å². The first-order chi connectivity index (χ1) is 11.7. The van der Waals surface area contributed by atoms with Gasteiger partial charge >= 0.3 is 5.97 Å². The van der Waals surface area contributed by atoms with Crippen LogP contribution in [-0.2, 0) is 16.1 Å². The van der Waals surface area contributed by atoms with Gasteiger partial charge in [0.15, 0.2) is 6.61 Å². The molecule has 5 nitrogen and oxygen atoms in total. The van der Waals surface area contributed by atoms with Gasteiger partial charge in [0, 0.05) is 17.2 Å². The average Bonchev–Trinajstić information content (AvgIpc) is 2.64. The average molecular weight is 345 g/mol. The summed E-state index contributed by atoms with van der Waals surface area (Å²) in [6.45, 7) is 0.108. The summed E-state index contributed by atoms with van der Waals surface area (Å²) < 4.78 is 4.96. The summed E-state index contributed by atoms with van der Waals surface area (Å²) in [6, 6.07) is 16.3. The number of hydrogen-bond donors (Lipinski definition) is 2. The van der Waals surface area contributed by atoms with Crippen molar-refractivity contribution in [2.45, 2.75) is 11.5 Å². The molecule has 0 atom stereocenters. The SMILES string of the molecule is O=C(COC(=O)c1ccc(CO)cc1)NCCSc1ccccc1. The van der Waals surface area contributed by atoms with Gasteiger partial charge in [0.05, 0.1) is 12.2 Å². The molecule has 0 spiro atoms. The van der Waals surface area contributed by atoms with Crippen LogP contribution in [0.2, 0.25) is 0 Å². The molecule has 0 radical (unpaired) electrons. The van der Waals surface area contributed by atoms with Crippen molar-refractivity contribution in [1.82, 2.24) is 5.32 Å². The van der Waals surface area contributed by atoms with Crippen molar-refractivity contribution in [3.05, 3.63) is 65.7 Å². The number of nitrogens with one attached hydrogen (secondary N) is 1. The minimum absolute atomic E-state index is 0.0846. The Labute approximate surface area is 145 Å². The summed E-state index contributed by atoms with van der Waals surface area (Å²) >= 11 is 1.64. The van der Waals surface area contributed by atoms with Crippen molar-refractivity contribution in [3.8, 4) is 0 Å². The van der Waals surface area contributed by atoms with Crippen LogP contribution in [0, 0.1) is 0 Å². The second kappa shape index (κ2) is 9.75. The number of hydrogen-bond acceptors (Lipinski definition) is 5. The molecule has 0 unspecified atom stereocenters. The third-order valence-corrected chi connectivity index (χ3v) is 4.16. The van der Waals surface area contributed by atoms with E-state index in [1.54, 1.807) is 36.0 Å². The zero-order valence-electron chi connectivity index (χ0n) is 13.1. The van der Waals surface area contributed by atoms with E-state index >= 15 is 0 Å². The van der Waals surface area contributed by atoms with Crippen molar-refractivity contribution in [2.75, 3.05) is 18.9 Å². The van der Waals surface area contributed by atoms with Crippen LogP contribution in [0.25, 0.3) is 0 Å². The summed E-state index contributed by atoms with van der Waals surface area (Å²) in [5.74, 6) is -0.149. The molecule has 2 rings (SSSR count). The second-order valence-electron chi connectivity index (χ2n) is 4.94. The molecule has 0 saturated heterocycles. The number of rotatable bonds is 8. The number of esters is 1. The Morgan fingerprint density at radius 3 is 2.42 bits per heavy atom. The highest BCUT2D eigenvalue weighted by Gasteiger charge is 2.09. The molecule has 0 saturated carbocycles. The second-order valence-corrected chi connectivity index (χ2v) is 6.11. The van der Waals surface area contributed by atoms with Crippen LogP contribution in [0.5, 0.6) is 0 Å². The Kier molecular flexibility index (Phi) is 7.32. The number of aliphatic hydroxyl groups is 1. The maximum atomic E-state index is 11.8. The number of carbonyl (C=O) groups excluding carboxylic acids is 2. The lowest BCUT2D eigenvalue weighted by Gasteiger charge is -2.07. The lowest BCUT2D eigenvalue weighted by molar-refractivity contribution is -0.124. The summed E-state index contributed by atoms with van der Waals surface area (Å²) in [4.78, 5) is 24.6. The maximum Gasteiger partial charge on any atom is 0.338 e. The molecule has 0 bridgehead atoms. The molecule has 126 valence electrons. The monoisotopic (exact) mass is 345 g/mol. The number of benzene rings is 2. The first kappa shape index (κ1) is 18.0. The number of carbonyl (C=O) groups is 2. The van der Waals surface area contributed by atoms with Gasteiger partial charge in [-0.1, -0.05) is 30.3 Å². The maximum absolute atomic E-state index is 11.8. The van der Waals surface area contributed by atoms with Crippen LogP contribution in [0.3, 0.4) is 0 Å². The molecule has 2 aromatic carbocycles. The molecule has 6 heteroatoms. The first-order valence-electron chi connectivity index (χ1n) is 7.50. The Hall–Kier alpha value is -2.31. The fourth-order valence-corrected chi connectivity index (χ4v) is 2.68. The summed E-state index contributed by atoms with van der Waals surface area (Å²) in [5, 5.41) is 11.7. The van der Waals surface area contributed by atoms with Crippen molar-refractivity contribution in [2.24, 2.45) is 0 Å². The third kappa shape index (κ3) is 6.06. The van der Waals surface area contributed by atoms with E-state index in [4.69, 9.17) is 9.84 Å². The van der Waals surface area contributed by atoms with Gasteiger partial charge in [0.2, 0.25) is 0 Å². The van der Waals surface area contributed by atoms with Gasteiger partial charge in [0.1, 0.15) is 0 Å². The standard InChI is InChI=1S/C18H19NO4S/c20-12-14-6-8-15(9-7-14)18(22)23-13-17(21)19-10-11-24-16-4-2-1-3-5-16/h1-9,20H,10-13H2,(H,19,21). The predicted molar refractivity (Wildman–Crippen MR) is 92.8 cm³/mol. The molecule has 0 fully saturated rings.